The zero-order chi connectivity index (χ0) is 15.0. The summed E-state index contributed by atoms with van der Waals surface area (Å²) in [5.74, 6) is 1.44. The second kappa shape index (κ2) is 9.38. The van der Waals surface area contributed by atoms with Gasteiger partial charge < -0.3 is 10.1 Å². The fourth-order valence-corrected chi connectivity index (χ4v) is 3.19. The van der Waals surface area contributed by atoms with E-state index in [-0.39, 0.29) is 0 Å². The molecule has 0 amide bonds. The van der Waals surface area contributed by atoms with Gasteiger partial charge >= 0.3 is 0 Å². The van der Waals surface area contributed by atoms with Crippen molar-refractivity contribution in [3.8, 4) is 11.8 Å². The Morgan fingerprint density at radius 3 is 2.50 bits per heavy atom. The molecule has 1 N–H and O–H groups in total. The molecule has 3 nitrogen and oxygen atoms in total. The molecule has 5 heteroatoms. The maximum atomic E-state index is 8.50. The molecule has 1 aromatic rings. The van der Waals surface area contributed by atoms with E-state index in [1.165, 1.54) is 5.56 Å². The molecule has 0 aliphatic rings. The lowest BCUT2D eigenvalue weighted by molar-refractivity contribution is 0.309. The average molecular weight is 404 g/mol. The second-order valence-electron chi connectivity index (χ2n) is 5.02. The molecule has 0 fully saturated rings. The van der Waals surface area contributed by atoms with Crippen molar-refractivity contribution < 1.29 is 4.74 Å². The van der Waals surface area contributed by atoms with Crippen LogP contribution in [0.2, 0.25) is 0 Å². The number of halogens is 2. The molecule has 0 spiro atoms. The zero-order valence-electron chi connectivity index (χ0n) is 11.9. The van der Waals surface area contributed by atoms with E-state index in [1.807, 2.05) is 0 Å². The van der Waals surface area contributed by atoms with E-state index < -0.39 is 0 Å². The van der Waals surface area contributed by atoms with Gasteiger partial charge in [0.15, 0.2) is 0 Å². The lowest BCUT2D eigenvalue weighted by atomic mass is 10.2. The van der Waals surface area contributed by atoms with E-state index in [1.54, 1.807) is 0 Å². The molecule has 0 aliphatic heterocycles. The smallest absolute Gasteiger partial charge is 0.147 e. The van der Waals surface area contributed by atoms with Gasteiger partial charge in [0.1, 0.15) is 5.75 Å². The van der Waals surface area contributed by atoms with Crippen molar-refractivity contribution >= 4 is 31.9 Å². The van der Waals surface area contributed by atoms with Gasteiger partial charge in [0, 0.05) is 13.0 Å². The molecular weight excluding hydrogens is 384 g/mol. The number of rotatable bonds is 8. The van der Waals surface area contributed by atoms with Crippen molar-refractivity contribution in [1.82, 2.24) is 5.32 Å². The van der Waals surface area contributed by atoms with Crippen LogP contribution >= 0.6 is 31.9 Å². The average Bonchev–Trinajstić information content (AvgIpc) is 2.36. The van der Waals surface area contributed by atoms with E-state index in [2.05, 4.69) is 69.2 Å². The van der Waals surface area contributed by atoms with Gasteiger partial charge in [-0.3, -0.25) is 0 Å². The van der Waals surface area contributed by atoms with Crippen LogP contribution in [0.15, 0.2) is 21.1 Å². The van der Waals surface area contributed by atoms with Gasteiger partial charge in [-0.2, -0.15) is 5.26 Å². The zero-order valence-corrected chi connectivity index (χ0v) is 15.1. The highest BCUT2D eigenvalue weighted by atomic mass is 79.9. The van der Waals surface area contributed by atoms with Crippen LogP contribution in [0.5, 0.6) is 5.75 Å². The minimum absolute atomic E-state index is 0.520. The molecule has 1 aromatic carbocycles. The third kappa shape index (κ3) is 6.25. The third-order valence-corrected chi connectivity index (χ3v) is 3.80. The fourth-order valence-electron chi connectivity index (χ4n) is 1.68. The maximum absolute atomic E-state index is 8.50. The van der Waals surface area contributed by atoms with E-state index in [4.69, 9.17) is 10.00 Å². The number of unbranched alkanes of at least 4 members (excludes halogenated alkanes) is 1. The summed E-state index contributed by atoms with van der Waals surface area (Å²) in [6.07, 6.45) is 1.26. The summed E-state index contributed by atoms with van der Waals surface area (Å²) in [7, 11) is 0. The Hall–Kier alpha value is -0.570. The first-order valence-corrected chi connectivity index (χ1v) is 8.31. The monoisotopic (exact) mass is 402 g/mol. The van der Waals surface area contributed by atoms with Crippen LogP contribution in [0.3, 0.4) is 0 Å². The first-order valence-electron chi connectivity index (χ1n) is 6.73. The highest BCUT2D eigenvalue weighted by Crippen LogP contribution is 2.34. The van der Waals surface area contributed by atoms with Gasteiger partial charge in [-0.05, 0) is 68.4 Å². The molecule has 0 aromatic heterocycles. The fraction of sp³-hybridized carbons (Fsp3) is 0.533. The number of nitrogens with zero attached hydrogens (tertiary/aromatic N) is 1. The van der Waals surface area contributed by atoms with Gasteiger partial charge in [-0.25, -0.2) is 0 Å². The largest absolute Gasteiger partial charge is 0.491 e. The van der Waals surface area contributed by atoms with Crippen molar-refractivity contribution in [2.24, 2.45) is 5.92 Å². The molecule has 0 radical (unpaired) electrons. The molecule has 0 saturated carbocycles. The molecular formula is C15H20Br2N2O. The number of ether oxygens (including phenoxy) is 1. The van der Waals surface area contributed by atoms with Crippen molar-refractivity contribution in [3.63, 3.8) is 0 Å². The summed E-state index contributed by atoms with van der Waals surface area (Å²) >= 11 is 7.08. The molecule has 1 rings (SSSR count). The van der Waals surface area contributed by atoms with Crippen LogP contribution in [-0.2, 0) is 6.54 Å². The van der Waals surface area contributed by atoms with Crippen LogP contribution in [0, 0.1) is 17.2 Å². The Labute approximate surface area is 138 Å². The van der Waals surface area contributed by atoms with Gasteiger partial charge in [0.25, 0.3) is 0 Å². The normalized spacial score (nSPS) is 10.6. The van der Waals surface area contributed by atoms with Crippen molar-refractivity contribution in [3.05, 3.63) is 26.6 Å². The lowest BCUT2D eigenvalue weighted by Gasteiger charge is -2.13. The lowest BCUT2D eigenvalue weighted by Crippen LogP contribution is -2.19. The second-order valence-corrected chi connectivity index (χ2v) is 6.73. The number of nitrogens with one attached hydrogen (secondary N) is 1. The van der Waals surface area contributed by atoms with Crippen LogP contribution in [0.25, 0.3) is 0 Å². The van der Waals surface area contributed by atoms with E-state index in [0.717, 1.165) is 34.2 Å². The number of benzene rings is 1. The topological polar surface area (TPSA) is 45.0 Å². The summed E-state index contributed by atoms with van der Waals surface area (Å²) in [6.45, 7) is 6.77. The molecule has 0 heterocycles. The molecule has 0 saturated heterocycles. The van der Waals surface area contributed by atoms with E-state index in [0.29, 0.717) is 18.9 Å². The number of hydrogen-bond acceptors (Lipinski definition) is 3. The molecule has 0 unspecified atom stereocenters. The van der Waals surface area contributed by atoms with Crippen molar-refractivity contribution in [2.75, 3.05) is 13.2 Å². The third-order valence-electron chi connectivity index (χ3n) is 2.62. The highest BCUT2D eigenvalue weighted by Gasteiger charge is 2.09. The molecule has 110 valence electrons. The number of hydrogen-bond donors (Lipinski definition) is 1. The molecule has 0 aliphatic carbocycles. The summed E-state index contributed by atoms with van der Waals surface area (Å²) in [5, 5.41) is 11.9. The van der Waals surface area contributed by atoms with Crippen LogP contribution in [-0.4, -0.2) is 13.2 Å². The van der Waals surface area contributed by atoms with E-state index >= 15 is 0 Å². The minimum Gasteiger partial charge on any atom is -0.491 e. The van der Waals surface area contributed by atoms with Gasteiger partial charge in [-0.15, -0.1) is 0 Å². The predicted molar refractivity (Wildman–Crippen MR) is 88.7 cm³/mol. The summed E-state index contributed by atoms with van der Waals surface area (Å²) in [6, 6.07) is 6.25. The first kappa shape index (κ1) is 17.5. The summed E-state index contributed by atoms with van der Waals surface area (Å²) in [5.41, 5.74) is 1.20. The first-order chi connectivity index (χ1) is 9.54. The van der Waals surface area contributed by atoms with Gasteiger partial charge in [0.05, 0.1) is 21.6 Å². The predicted octanol–water partition coefficient (Wildman–Crippen LogP) is 4.64. The molecule has 20 heavy (non-hydrogen) atoms. The van der Waals surface area contributed by atoms with Crippen LogP contribution in [0.1, 0.15) is 32.3 Å². The van der Waals surface area contributed by atoms with E-state index in [9.17, 15) is 0 Å². The maximum Gasteiger partial charge on any atom is 0.147 e. The highest BCUT2D eigenvalue weighted by molar-refractivity contribution is 9.11. The molecule has 0 bridgehead atoms. The Balaban J connectivity index is 2.59. The SMILES string of the molecule is CC(C)CNCc1cc(Br)c(OCCCC#N)c(Br)c1. The van der Waals surface area contributed by atoms with Gasteiger partial charge in [0.2, 0.25) is 0 Å². The number of nitriles is 1. The minimum atomic E-state index is 0.520. The van der Waals surface area contributed by atoms with Crippen LogP contribution in [0.4, 0.5) is 0 Å². The van der Waals surface area contributed by atoms with Crippen LogP contribution < -0.4 is 10.1 Å². The Morgan fingerprint density at radius 2 is 1.95 bits per heavy atom. The Kier molecular flexibility index (Phi) is 8.20. The van der Waals surface area contributed by atoms with Gasteiger partial charge in [-0.1, -0.05) is 13.8 Å². The van der Waals surface area contributed by atoms with Crippen molar-refractivity contribution in [2.45, 2.75) is 33.2 Å². The molecule has 0 atom stereocenters. The summed E-state index contributed by atoms with van der Waals surface area (Å²) < 4.78 is 7.57. The quantitative estimate of drug-likeness (QED) is 0.643. The Morgan fingerprint density at radius 1 is 1.30 bits per heavy atom. The Bertz CT molecular complexity index is 446. The summed E-state index contributed by atoms with van der Waals surface area (Å²) in [4.78, 5) is 0. The standard InChI is InChI=1S/C15H20Br2N2O/c1-11(2)9-19-10-12-7-13(16)15(14(17)8-12)20-6-4-3-5-18/h7-8,11,19H,3-4,6,9-10H2,1-2H3. The van der Waals surface area contributed by atoms with Crippen molar-refractivity contribution in [1.29, 1.82) is 5.26 Å².